The van der Waals surface area contributed by atoms with E-state index in [9.17, 15) is 9.59 Å². The van der Waals surface area contributed by atoms with Gasteiger partial charge in [0.15, 0.2) is 0 Å². The van der Waals surface area contributed by atoms with Crippen LogP contribution in [0.4, 0.5) is 15.3 Å². The molecule has 0 aliphatic carbocycles. The molecule has 0 aliphatic heterocycles. The van der Waals surface area contributed by atoms with Crippen molar-refractivity contribution >= 4 is 17.9 Å². The predicted octanol–water partition coefficient (Wildman–Crippen LogP) is 4.07. The van der Waals surface area contributed by atoms with E-state index in [-0.39, 0.29) is 0 Å². The Labute approximate surface area is 131 Å². The third-order valence-corrected chi connectivity index (χ3v) is 2.29. The molecule has 0 fully saturated rings. The van der Waals surface area contributed by atoms with E-state index in [1.165, 1.54) is 6.20 Å². The number of nitrogens with zero attached hydrogens (tertiary/aromatic N) is 2. The minimum Gasteiger partial charge on any atom is -0.443 e. The van der Waals surface area contributed by atoms with Crippen LogP contribution in [0.3, 0.4) is 0 Å². The molecule has 0 saturated carbocycles. The summed E-state index contributed by atoms with van der Waals surface area (Å²) in [6.45, 7) is 12.2. The third kappa shape index (κ3) is 5.71. The van der Waals surface area contributed by atoms with Crippen LogP contribution in [-0.4, -0.2) is 28.4 Å². The van der Waals surface area contributed by atoms with Gasteiger partial charge in [0.05, 0.1) is 5.69 Å². The van der Waals surface area contributed by atoms with Crippen molar-refractivity contribution in [3.05, 3.63) is 24.0 Å². The van der Waals surface area contributed by atoms with Crippen LogP contribution in [0.5, 0.6) is 0 Å². The molecule has 6 nitrogen and oxygen atoms in total. The lowest BCUT2D eigenvalue weighted by atomic mass is 10.2. The number of imide groups is 1. The Hall–Kier alpha value is -2.11. The van der Waals surface area contributed by atoms with Crippen molar-refractivity contribution in [1.29, 1.82) is 0 Å². The van der Waals surface area contributed by atoms with Gasteiger partial charge < -0.3 is 9.47 Å². The molecule has 1 heterocycles. The molecule has 22 heavy (non-hydrogen) atoms. The number of carbonyl (C=O) groups is 2. The molecule has 2 amide bonds. The van der Waals surface area contributed by atoms with E-state index < -0.39 is 23.4 Å². The normalized spacial score (nSPS) is 11.8. The Morgan fingerprint density at radius 1 is 1.00 bits per heavy atom. The molecule has 0 aromatic carbocycles. The van der Waals surface area contributed by atoms with Crippen molar-refractivity contribution in [2.45, 2.75) is 59.7 Å². The van der Waals surface area contributed by atoms with E-state index in [0.717, 1.165) is 4.90 Å². The zero-order valence-corrected chi connectivity index (χ0v) is 14.3. The fourth-order valence-corrected chi connectivity index (χ4v) is 1.57. The number of hydrogen-bond acceptors (Lipinski definition) is 5. The average Bonchev–Trinajstić information content (AvgIpc) is 2.23. The molecule has 0 N–H and O–H groups in total. The number of anilines is 1. The molecule has 0 radical (unpaired) electrons. The minimum atomic E-state index is -0.785. The van der Waals surface area contributed by atoms with Crippen LogP contribution in [0.2, 0.25) is 0 Å². The molecule has 122 valence electrons. The summed E-state index contributed by atoms with van der Waals surface area (Å²) in [4.78, 5) is 29.7. The van der Waals surface area contributed by atoms with Crippen molar-refractivity contribution < 1.29 is 19.1 Å². The van der Waals surface area contributed by atoms with Crippen LogP contribution in [0.25, 0.3) is 0 Å². The highest BCUT2D eigenvalue weighted by molar-refractivity contribution is 6.09. The van der Waals surface area contributed by atoms with Gasteiger partial charge in [-0.2, -0.15) is 4.90 Å². The van der Waals surface area contributed by atoms with E-state index in [0.29, 0.717) is 11.4 Å². The predicted molar refractivity (Wildman–Crippen MR) is 83.9 cm³/mol. The lowest BCUT2D eigenvalue weighted by Crippen LogP contribution is -2.43. The number of aryl methyl sites for hydroxylation is 1. The quantitative estimate of drug-likeness (QED) is 0.782. The fourth-order valence-electron chi connectivity index (χ4n) is 1.57. The minimum absolute atomic E-state index is 0.357. The first-order valence-corrected chi connectivity index (χ1v) is 7.08. The number of amides is 2. The Morgan fingerprint density at radius 2 is 1.45 bits per heavy atom. The van der Waals surface area contributed by atoms with Gasteiger partial charge in [0.25, 0.3) is 0 Å². The molecule has 1 rings (SSSR count). The van der Waals surface area contributed by atoms with E-state index in [4.69, 9.17) is 9.47 Å². The summed E-state index contributed by atoms with van der Waals surface area (Å²) >= 11 is 0. The number of aromatic nitrogens is 1. The first-order valence-electron chi connectivity index (χ1n) is 7.08. The number of carbonyl (C=O) groups excluding carboxylic acids is 2. The number of hydrogen-bond donors (Lipinski definition) is 0. The van der Waals surface area contributed by atoms with Gasteiger partial charge in [-0.15, -0.1) is 0 Å². The second kappa shape index (κ2) is 6.34. The summed E-state index contributed by atoms with van der Waals surface area (Å²) in [7, 11) is 0. The molecule has 0 saturated heterocycles. The van der Waals surface area contributed by atoms with Crippen molar-refractivity contribution in [2.24, 2.45) is 0 Å². The van der Waals surface area contributed by atoms with Gasteiger partial charge in [-0.1, -0.05) is 0 Å². The van der Waals surface area contributed by atoms with Crippen molar-refractivity contribution in [1.82, 2.24) is 4.98 Å². The van der Waals surface area contributed by atoms with Crippen molar-refractivity contribution in [2.75, 3.05) is 4.90 Å². The fraction of sp³-hybridized carbons (Fsp3) is 0.562. The Bertz CT molecular complexity index is 528. The molecule has 1 aromatic rings. The third-order valence-electron chi connectivity index (χ3n) is 2.29. The second-order valence-corrected chi connectivity index (χ2v) is 6.95. The zero-order valence-electron chi connectivity index (χ0n) is 14.3. The number of ether oxygens (including phenoxy) is 2. The van der Waals surface area contributed by atoms with Gasteiger partial charge >= 0.3 is 12.2 Å². The van der Waals surface area contributed by atoms with E-state index >= 15 is 0 Å². The summed E-state index contributed by atoms with van der Waals surface area (Å²) in [5, 5.41) is 0. The Morgan fingerprint density at radius 3 is 1.82 bits per heavy atom. The maximum atomic E-state index is 12.4. The van der Waals surface area contributed by atoms with Gasteiger partial charge in [0, 0.05) is 11.9 Å². The van der Waals surface area contributed by atoms with Crippen LogP contribution in [0.1, 0.15) is 47.2 Å². The SMILES string of the molecule is Cc1cc(N(C(=O)OC(C)(C)C)C(=O)OC(C)(C)C)ccn1. The van der Waals surface area contributed by atoms with Gasteiger partial charge in [-0.05, 0) is 60.6 Å². The molecular weight excluding hydrogens is 284 g/mol. The van der Waals surface area contributed by atoms with Crippen LogP contribution < -0.4 is 4.90 Å². The standard InChI is InChI=1S/C16H24N2O4/c1-11-10-12(8-9-17-11)18(13(19)21-15(2,3)4)14(20)22-16(5,6)7/h8-10H,1-7H3. The molecule has 0 unspecified atom stereocenters. The van der Waals surface area contributed by atoms with Crippen LogP contribution in [0.15, 0.2) is 18.3 Å². The first kappa shape index (κ1) is 17.9. The van der Waals surface area contributed by atoms with E-state index in [2.05, 4.69) is 4.98 Å². The molecule has 0 atom stereocenters. The van der Waals surface area contributed by atoms with Gasteiger partial charge in [0.2, 0.25) is 0 Å². The number of rotatable bonds is 1. The molecule has 0 bridgehead atoms. The summed E-state index contributed by atoms with van der Waals surface area (Å²) in [6, 6.07) is 3.18. The number of pyridine rings is 1. The lowest BCUT2D eigenvalue weighted by molar-refractivity contribution is 0.0431. The molecule has 0 aliphatic rings. The van der Waals surface area contributed by atoms with Gasteiger partial charge in [-0.3, -0.25) is 4.98 Å². The second-order valence-electron chi connectivity index (χ2n) is 6.95. The lowest BCUT2D eigenvalue weighted by Gasteiger charge is -2.28. The smallest absolute Gasteiger partial charge is 0.424 e. The topological polar surface area (TPSA) is 68.7 Å². The Kier molecular flexibility index (Phi) is 5.17. The molecular formula is C16H24N2O4. The zero-order chi connectivity index (χ0) is 17.1. The summed E-state index contributed by atoms with van der Waals surface area (Å²) in [5.74, 6) is 0. The van der Waals surface area contributed by atoms with Gasteiger partial charge in [0.1, 0.15) is 11.2 Å². The molecule has 0 spiro atoms. The van der Waals surface area contributed by atoms with Crippen molar-refractivity contribution in [3.63, 3.8) is 0 Å². The summed E-state index contributed by atoms with van der Waals surface area (Å²) in [6.07, 6.45) is -0.0495. The van der Waals surface area contributed by atoms with Crippen molar-refractivity contribution in [3.8, 4) is 0 Å². The van der Waals surface area contributed by atoms with Gasteiger partial charge in [-0.25, -0.2) is 9.59 Å². The average molecular weight is 308 g/mol. The Balaban J connectivity index is 3.15. The largest absolute Gasteiger partial charge is 0.443 e. The summed E-state index contributed by atoms with van der Waals surface area (Å²) in [5.41, 5.74) is -0.413. The highest BCUT2D eigenvalue weighted by Crippen LogP contribution is 2.21. The monoisotopic (exact) mass is 308 g/mol. The van der Waals surface area contributed by atoms with E-state index in [1.807, 2.05) is 0 Å². The summed E-state index contributed by atoms with van der Waals surface area (Å²) < 4.78 is 10.6. The highest BCUT2D eigenvalue weighted by atomic mass is 16.6. The van der Waals surface area contributed by atoms with Crippen LogP contribution in [-0.2, 0) is 9.47 Å². The molecule has 6 heteroatoms. The van der Waals surface area contributed by atoms with Crippen LogP contribution >= 0.6 is 0 Å². The highest BCUT2D eigenvalue weighted by Gasteiger charge is 2.32. The van der Waals surface area contributed by atoms with E-state index in [1.54, 1.807) is 60.6 Å². The van der Waals surface area contributed by atoms with Crippen LogP contribution in [0, 0.1) is 6.92 Å². The maximum absolute atomic E-state index is 12.4. The first-order chi connectivity index (χ1) is 9.89. The molecule has 1 aromatic heterocycles. The maximum Gasteiger partial charge on any atom is 0.424 e.